The van der Waals surface area contributed by atoms with E-state index in [1.165, 1.54) is 50.7 Å². The van der Waals surface area contributed by atoms with Gasteiger partial charge >= 0.3 is 0 Å². The number of aromatic amines is 1. The number of carbonyl (C=O) groups is 1. The second kappa shape index (κ2) is 9.80. The molecule has 4 aromatic rings. The topological polar surface area (TPSA) is 130 Å². The van der Waals surface area contributed by atoms with E-state index in [0.717, 1.165) is 17.7 Å². The van der Waals surface area contributed by atoms with Crippen molar-refractivity contribution in [1.82, 2.24) is 24.1 Å². The molecule has 186 valence electrons. The SMILES string of the molecule is CCc1cc(=O)[nH]c(-n2nc(-c3cccs3)cc2NC(=O)c2ccc(S(=O)(=O)N3CCCC3)cc2)n1. The molecular weight excluding hydrogens is 500 g/mol. The summed E-state index contributed by atoms with van der Waals surface area (Å²) < 4.78 is 28.4. The molecule has 10 nitrogen and oxygen atoms in total. The fourth-order valence-electron chi connectivity index (χ4n) is 4.00. The average Bonchev–Trinajstić information content (AvgIpc) is 3.66. The number of hydrogen-bond donors (Lipinski definition) is 2. The van der Waals surface area contributed by atoms with Gasteiger partial charge in [-0.25, -0.2) is 13.4 Å². The van der Waals surface area contributed by atoms with Crippen LogP contribution in [-0.2, 0) is 16.4 Å². The van der Waals surface area contributed by atoms with Crippen molar-refractivity contribution >= 4 is 33.1 Å². The molecule has 1 aliphatic heterocycles. The van der Waals surface area contributed by atoms with Crippen LogP contribution in [0.2, 0.25) is 0 Å². The molecule has 12 heteroatoms. The fraction of sp³-hybridized carbons (Fsp3) is 0.250. The molecule has 36 heavy (non-hydrogen) atoms. The number of carbonyl (C=O) groups excluding carboxylic acids is 1. The predicted molar refractivity (Wildman–Crippen MR) is 137 cm³/mol. The minimum absolute atomic E-state index is 0.157. The van der Waals surface area contributed by atoms with Gasteiger partial charge in [0.05, 0.1) is 9.77 Å². The number of nitrogens with zero attached hydrogens (tertiary/aromatic N) is 4. The maximum absolute atomic E-state index is 13.1. The first-order chi connectivity index (χ1) is 17.3. The van der Waals surface area contributed by atoms with E-state index >= 15 is 0 Å². The number of hydrogen-bond acceptors (Lipinski definition) is 7. The number of sulfonamides is 1. The number of anilines is 1. The van der Waals surface area contributed by atoms with Crippen LogP contribution in [-0.4, -0.2) is 51.5 Å². The van der Waals surface area contributed by atoms with Crippen LogP contribution in [0.25, 0.3) is 16.5 Å². The van der Waals surface area contributed by atoms with Crippen LogP contribution in [0.4, 0.5) is 5.82 Å². The highest BCUT2D eigenvalue weighted by molar-refractivity contribution is 7.89. The van der Waals surface area contributed by atoms with Crippen LogP contribution in [0.1, 0.15) is 35.8 Å². The third-order valence-electron chi connectivity index (χ3n) is 5.89. The van der Waals surface area contributed by atoms with E-state index in [4.69, 9.17) is 0 Å². The fourth-order valence-corrected chi connectivity index (χ4v) is 6.19. The van der Waals surface area contributed by atoms with Crippen molar-refractivity contribution in [2.24, 2.45) is 0 Å². The van der Waals surface area contributed by atoms with E-state index in [2.05, 4.69) is 20.4 Å². The molecule has 0 radical (unpaired) electrons. The van der Waals surface area contributed by atoms with Gasteiger partial charge < -0.3 is 5.32 Å². The van der Waals surface area contributed by atoms with Crippen LogP contribution < -0.4 is 10.9 Å². The highest BCUT2D eigenvalue weighted by atomic mass is 32.2. The molecule has 0 bridgehead atoms. The number of amides is 1. The number of aromatic nitrogens is 4. The first-order valence-corrected chi connectivity index (χ1v) is 13.8. The lowest BCUT2D eigenvalue weighted by molar-refractivity contribution is 0.102. The van der Waals surface area contributed by atoms with Crippen molar-refractivity contribution in [3.63, 3.8) is 0 Å². The van der Waals surface area contributed by atoms with Gasteiger partial charge in [0.15, 0.2) is 0 Å². The van der Waals surface area contributed by atoms with Gasteiger partial charge in [-0.15, -0.1) is 11.3 Å². The lowest BCUT2D eigenvalue weighted by Crippen LogP contribution is -2.27. The Kier molecular flexibility index (Phi) is 6.56. The summed E-state index contributed by atoms with van der Waals surface area (Å²) in [5.41, 5.74) is 1.16. The average molecular weight is 525 g/mol. The maximum atomic E-state index is 13.1. The molecule has 0 spiro atoms. The number of aryl methyl sites for hydroxylation is 1. The molecule has 1 fully saturated rings. The Morgan fingerprint density at radius 3 is 2.56 bits per heavy atom. The zero-order valence-corrected chi connectivity index (χ0v) is 21.1. The molecule has 4 heterocycles. The van der Waals surface area contributed by atoms with Crippen molar-refractivity contribution in [3.8, 4) is 16.5 Å². The lowest BCUT2D eigenvalue weighted by Gasteiger charge is -2.15. The summed E-state index contributed by atoms with van der Waals surface area (Å²) in [6.07, 6.45) is 2.26. The minimum Gasteiger partial charge on any atom is -0.306 e. The summed E-state index contributed by atoms with van der Waals surface area (Å²) >= 11 is 1.49. The summed E-state index contributed by atoms with van der Waals surface area (Å²) in [7, 11) is -3.57. The van der Waals surface area contributed by atoms with E-state index in [1.807, 2.05) is 24.4 Å². The normalized spacial score (nSPS) is 14.2. The molecule has 0 aliphatic carbocycles. The summed E-state index contributed by atoms with van der Waals surface area (Å²) in [6.45, 7) is 2.91. The van der Waals surface area contributed by atoms with Crippen molar-refractivity contribution in [2.45, 2.75) is 31.1 Å². The first kappa shape index (κ1) is 24.1. The zero-order chi connectivity index (χ0) is 25.3. The number of thiophene rings is 1. The van der Waals surface area contributed by atoms with Crippen LogP contribution in [0.3, 0.4) is 0 Å². The number of H-pyrrole nitrogens is 1. The Morgan fingerprint density at radius 1 is 1.14 bits per heavy atom. The van der Waals surface area contributed by atoms with Crippen LogP contribution in [0.15, 0.2) is 63.6 Å². The van der Waals surface area contributed by atoms with Gasteiger partial charge in [0.2, 0.25) is 16.0 Å². The third kappa shape index (κ3) is 4.74. The minimum atomic E-state index is -3.57. The van der Waals surface area contributed by atoms with Gasteiger partial charge in [-0.2, -0.15) is 14.1 Å². The summed E-state index contributed by atoms with van der Waals surface area (Å²) in [5.74, 6) is 0.0473. The number of benzene rings is 1. The van der Waals surface area contributed by atoms with E-state index in [0.29, 0.717) is 36.7 Å². The molecule has 1 saturated heterocycles. The number of nitrogens with one attached hydrogen (secondary N) is 2. The number of rotatable bonds is 7. The van der Waals surface area contributed by atoms with E-state index in [9.17, 15) is 18.0 Å². The van der Waals surface area contributed by atoms with Crippen molar-refractivity contribution < 1.29 is 13.2 Å². The van der Waals surface area contributed by atoms with Gasteiger partial charge in [0, 0.05) is 36.5 Å². The molecule has 0 saturated carbocycles. The Bertz CT molecular complexity index is 1550. The van der Waals surface area contributed by atoms with Crippen molar-refractivity contribution in [2.75, 3.05) is 18.4 Å². The second-order valence-electron chi connectivity index (χ2n) is 8.31. The van der Waals surface area contributed by atoms with Crippen molar-refractivity contribution in [1.29, 1.82) is 0 Å². The van der Waals surface area contributed by atoms with E-state index in [-0.39, 0.29) is 22.0 Å². The third-order valence-corrected chi connectivity index (χ3v) is 8.69. The standard InChI is InChI=1S/C24H24N6O4S2/c1-2-17-14-22(31)27-24(25-17)30-21(15-19(28-30)20-6-5-13-35-20)26-23(32)16-7-9-18(10-8-16)36(33,34)29-11-3-4-12-29/h5-10,13-15H,2-4,11-12H2,1H3,(H,26,32)(H,25,27,31). The Labute approximate surface area is 211 Å². The monoisotopic (exact) mass is 524 g/mol. The highest BCUT2D eigenvalue weighted by Gasteiger charge is 2.27. The summed E-state index contributed by atoms with van der Waals surface area (Å²) in [6, 6.07) is 12.8. The van der Waals surface area contributed by atoms with Gasteiger partial charge in [-0.05, 0) is 55.0 Å². The summed E-state index contributed by atoms with van der Waals surface area (Å²) in [5, 5.41) is 9.31. The van der Waals surface area contributed by atoms with Crippen LogP contribution in [0, 0.1) is 0 Å². The molecule has 0 unspecified atom stereocenters. The highest BCUT2D eigenvalue weighted by Crippen LogP contribution is 2.28. The smallest absolute Gasteiger partial charge is 0.256 e. The summed E-state index contributed by atoms with van der Waals surface area (Å²) in [4.78, 5) is 33.4. The zero-order valence-electron chi connectivity index (χ0n) is 19.5. The molecule has 0 atom stereocenters. The molecule has 1 aromatic carbocycles. The Balaban J connectivity index is 1.46. The molecule has 3 aromatic heterocycles. The van der Waals surface area contributed by atoms with Gasteiger partial charge in [0.1, 0.15) is 11.5 Å². The molecular formula is C24H24N6O4S2. The quantitative estimate of drug-likeness (QED) is 0.382. The van der Waals surface area contributed by atoms with Crippen molar-refractivity contribution in [3.05, 3.63) is 75.5 Å². The predicted octanol–water partition coefficient (Wildman–Crippen LogP) is 3.28. The maximum Gasteiger partial charge on any atom is 0.256 e. The Morgan fingerprint density at radius 2 is 1.89 bits per heavy atom. The van der Waals surface area contributed by atoms with Gasteiger partial charge in [-0.1, -0.05) is 13.0 Å². The molecule has 1 amide bonds. The second-order valence-corrected chi connectivity index (χ2v) is 11.2. The molecule has 5 rings (SSSR count). The van der Waals surface area contributed by atoms with Gasteiger partial charge in [0.25, 0.3) is 11.5 Å². The van der Waals surface area contributed by atoms with Crippen LogP contribution in [0.5, 0.6) is 0 Å². The molecule has 1 aliphatic rings. The lowest BCUT2D eigenvalue weighted by atomic mass is 10.2. The Hall–Kier alpha value is -3.61. The molecule has 2 N–H and O–H groups in total. The van der Waals surface area contributed by atoms with Gasteiger partial charge in [-0.3, -0.25) is 14.6 Å². The van der Waals surface area contributed by atoms with E-state index in [1.54, 1.807) is 6.07 Å². The largest absolute Gasteiger partial charge is 0.306 e. The van der Waals surface area contributed by atoms with E-state index < -0.39 is 15.9 Å². The first-order valence-electron chi connectivity index (χ1n) is 11.5. The van der Waals surface area contributed by atoms with Crippen LogP contribution >= 0.6 is 11.3 Å².